The van der Waals surface area contributed by atoms with Gasteiger partial charge in [0.2, 0.25) is 0 Å². The molecule has 1 aliphatic rings. The van der Waals surface area contributed by atoms with E-state index in [1.54, 1.807) is 18.2 Å². The second-order valence-electron chi connectivity index (χ2n) is 4.75. The van der Waals surface area contributed by atoms with Crippen LogP contribution in [0.4, 0.5) is 5.69 Å². The van der Waals surface area contributed by atoms with Crippen LogP contribution in [0.15, 0.2) is 48.5 Å². The fourth-order valence-corrected chi connectivity index (χ4v) is 2.04. The number of carbonyl (C=O) groups is 2. The van der Waals surface area contributed by atoms with Gasteiger partial charge in [0.1, 0.15) is 5.75 Å². The van der Waals surface area contributed by atoms with Crippen LogP contribution in [0, 0.1) is 0 Å². The molecule has 0 saturated heterocycles. The number of rotatable bonds is 4. The van der Waals surface area contributed by atoms with Crippen molar-refractivity contribution < 1.29 is 19.2 Å². The summed E-state index contributed by atoms with van der Waals surface area (Å²) in [6.07, 6.45) is 0. The van der Waals surface area contributed by atoms with Gasteiger partial charge in [0.25, 0.3) is 11.8 Å². The third kappa shape index (κ3) is 3.24. The van der Waals surface area contributed by atoms with Gasteiger partial charge in [0.15, 0.2) is 6.61 Å². The van der Waals surface area contributed by atoms with Crippen LogP contribution >= 0.6 is 0 Å². The number of ether oxygens (including phenoxy) is 1. The van der Waals surface area contributed by atoms with Crippen LogP contribution in [-0.2, 0) is 16.2 Å². The monoisotopic (exact) mass is 298 g/mol. The van der Waals surface area contributed by atoms with Crippen LogP contribution in [0.25, 0.3) is 0 Å². The van der Waals surface area contributed by atoms with Crippen molar-refractivity contribution in [1.29, 1.82) is 0 Å². The minimum atomic E-state index is -0.390. The Morgan fingerprint density at radius 1 is 1.23 bits per heavy atom. The molecule has 22 heavy (non-hydrogen) atoms. The van der Waals surface area contributed by atoms with Crippen molar-refractivity contribution in [2.45, 2.75) is 6.61 Å². The Hall–Kier alpha value is -2.86. The zero-order chi connectivity index (χ0) is 15.4. The molecule has 2 aromatic carbocycles. The zero-order valence-electron chi connectivity index (χ0n) is 11.7. The third-order valence-corrected chi connectivity index (χ3v) is 3.12. The molecule has 1 aliphatic heterocycles. The fourth-order valence-electron chi connectivity index (χ4n) is 2.04. The molecule has 0 saturated carbocycles. The van der Waals surface area contributed by atoms with Crippen molar-refractivity contribution in [2.24, 2.45) is 0 Å². The van der Waals surface area contributed by atoms with Crippen LogP contribution in [0.1, 0.15) is 15.9 Å². The summed E-state index contributed by atoms with van der Waals surface area (Å²) in [5, 5.41) is 2.65. The molecular formula is C16H14N2O4. The maximum atomic E-state index is 12.0. The number of fused-ring (bicyclic) bond motifs is 1. The third-order valence-electron chi connectivity index (χ3n) is 3.12. The molecule has 0 fully saturated rings. The molecule has 6 nitrogen and oxygen atoms in total. The van der Waals surface area contributed by atoms with Gasteiger partial charge in [0.05, 0.1) is 12.3 Å². The van der Waals surface area contributed by atoms with E-state index < -0.39 is 5.91 Å². The minimum Gasteiger partial charge on any atom is -0.482 e. The van der Waals surface area contributed by atoms with Gasteiger partial charge in [-0.2, -0.15) is 0 Å². The molecule has 112 valence electrons. The topological polar surface area (TPSA) is 76.7 Å². The van der Waals surface area contributed by atoms with Crippen LogP contribution in [-0.4, -0.2) is 18.4 Å². The van der Waals surface area contributed by atoms with E-state index in [4.69, 9.17) is 9.57 Å². The van der Waals surface area contributed by atoms with Crippen molar-refractivity contribution in [1.82, 2.24) is 5.48 Å². The van der Waals surface area contributed by atoms with Crippen molar-refractivity contribution >= 4 is 17.5 Å². The first kappa shape index (κ1) is 14.1. The SMILES string of the molecule is O=C1COc2ccc(C(=O)NOCc3ccccc3)cc2N1. The summed E-state index contributed by atoms with van der Waals surface area (Å²) in [4.78, 5) is 28.5. The predicted molar refractivity (Wildman–Crippen MR) is 79.3 cm³/mol. The lowest BCUT2D eigenvalue weighted by Gasteiger charge is -2.18. The Morgan fingerprint density at radius 3 is 2.86 bits per heavy atom. The highest BCUT2D eigenvalue weighted by Gasteiger charge is 2.17. The summed E-state index contributed by atoms with van der Waals surface area (Å²) < 4.78 is 5.23. The van der Waals surface area contributed by atoms with Gasteiger partial charge < -0.3 is 10.1 Å². The minimum absolute atomic E-state index is 0.0151. The van der Waals surface area contributed by atoms with E-state index in [9.17, 15) is 9.59 Å². The normalized spacial score (nSPS) is 12.8. The summed E-state index contributed by atoms with van der Waals surface area (Å²) in [5.41, 5.74) is 4.18. The molecule has 0 radical (unpaired) electrons. The van der Waals surface area contributed by atoms with Gasteiger partial charge in [-0.05, 0) is 23.8 Å². The van der Waals surface area contributed by atoms with E-state index >= 15 is 0 Å². The molecule has 0 atom stereocenters. The second kappa shape index (κ2) is 6.28. The van der Waals surface area contributed by atoms with E-state index in [0.717, 1.165) is 5.56 Å². The van der Waals surface area contributed by atoms with Crippen LogP contribution in [0.5, 0.6) is 5.75 Å². The number of hydrogen-bond acceptors (Lipinski definition) is 4. The van der Waals surface area contributed by atoms with E-state index in [2.05, 4.69) is 10.8 Å². The highest BCUT2D eigenvalue weighted by atomic mass is 16.6. The summed E-state index contributed by atoms with van der Waals surface area (Å²) in [5.74, 6) is -0.0923. The first-order valence-electron chi connectivity index (χ1n) is 6.75. The Kier molecular flexibility index (Phi) is 4.02. The molecule has 0 spiro atoms. The van der Waals surface area contributed by atoms with Crippen molar-refractivity contribution in [2.75, 3.05) is 11.9 Å². The number of hydroxylamine groups is 1. The highest BCUT2D eigenvalue weighted by molar-refractivity contribution is 5.99. The maximum Gasteiger partial charge on any atom is 0.274 e. The largest absolute Gasteiger partial charge is 0.482 e. The Morgan fingerprint density at radius 2 is 2.05 bits per heavy atom. The molecule has 0 aromatic heterocycles. The van der Waals surface area contributed by atoms with Gasteiger partial charge in [-0.1, -0.05) is 30.3 Å². The molecule has 2 amide bonds. The van der Waals surface area contributed by atoms with Crippen LogP contribution < -0.4 is 15.5 Å². The average Bonchev–Trinajstić information content (AvgIpc) is 2.55. The van der Waals surface area contributed by atoms with Gasteiger partial charge in [0, 0.05) is 5.56 Å². The number of benzene rings is 2. The van der Waals surface area contributed by atoms with Gasteiger partial charge in [-0.3, -0.25) is 14.4 Å². The number of anilines is 1. The molecule has 3 rings (SSSR count). The zero-order valence-corrected chi connectivity index (χ0v) is 11.7. The Balaban J connectivity index is 1.60. The number of hydrogen-bond donors (Lipinski definition) is 2. The van der Waals surface area contributed by atoms with Gasteiger partial charge in [-0.25, -0.2) is 5.48 Å². The van der Waals surface area contributed by atoms with Gasteiger partial charge >= 0.3 is 0 Å². The first-order valence-corrected chi connectivity index (χ1v) is 6.75. The quantitative estimate of drug-likeness (QED) is 0.845. The standard InChI is InChI=1S/C16H14N2O4/c19-15-10-21-14-7-6-12(8-13(14)17-15)16(20)18-22-9-11-4-2-1-3-5-11/h1-8H,9-10H2,(H,17,19)(H,18,20). The molecule has 0 unspecified atom stereocenters. The number of amides is 2. The van der Waals surface area contributed by atoms with Crippen molar-refractivity contribution in [3.63, 3.8) is 0 Å². The molecule has 0 bridgehead atoms. The molecular weight excluding hydrogens is 284 g/mol. The van der Waals surface area contributed by atoms with E-state index in [0.29, 0.717) is 17.0 Å². The lowest BCUT2D eigenvalue weighted by Crippen LogP contribution is -2.27. The molecule has 2 N–H and O–H groups in total. The van der Waals surface area contributed by atoms with Crippen LogP contribution in [0.2, 0.25) is 0 Å². The molecule has 2 aromatic rings. The van der Waals surface area contributed by atoms with E-state index in [-0.39, 0.29) is 19.1 Å². The Labute approximate surface area is 127 Å². The van der Waals surface area contributed by atoms with E-state index in [1.165, 1.54) is 0 Å². The lowest BCUT2D eigenvalue weighted by molar-refractivity contribution is -0.118. The maximum absolute atomic E-state index is 12.0. The summed E-state index contributed by atoms with van der Waals surface area (Å²) in [6, 6.07) is 14.3. The summed E-state index contributed by atoms with van der Waals surface area (Å²) in [7, 11) is 0. The first-order chi connectivity index (χ1) is 10.7. The fraction of sp³-hybridized carbons (Fsp3) is 0.125. The number of nitrogens with one attached hydrogen (secondary N) is 2. The lowest BCUT2D eigenvalue weighted by atomic mass is 10.1. The predicted octanol–water partition coefficient (Wildman–Crippen LogP) is 1.88. The van der Waals surface area contributed by atoms with Crippen molar-refractivity contribution in [3.8, 4) is 5.75 Å². The average molecular weight is 298 g/mol. The summed E-state index contributed by atoms with van der Waals surface area (Å²) in [6.45, 7) is 0.260. The molecule has 6 heteroatoms. The smallest absolute Gasteiger partial charge is 0.274 e. The van der Waals surface area contributed by atoms with Gasteiger partial charge in [-0.15, -0.1) is 0 Å². The second-order valence-corrected chi connectivity index (χ2v) is 4.75. The van der Waals surface area contributed by atoms with Crippen LogP contribution in [0.3, 0.4) is 0 Å². The number of carbonyl (C=O) groups excluding carboxylic acids is 2. The highest BCUT2D eigenvalue weighted by Crippen LogP contribution is 2.28. The summed E-state index contributed by atoms with van der Waals surface area (Å²) >= 11 is 0. The van der Waals surface area contributed by atoms with E-state index in [1.807, 2.05) is 30.3 Å². The molecule has 0 aliphatic carbocycles. The Bertz CT molecular complexity index is 701. The van der Waals surface area contributed by atoms with Crippen molar-refractivity contribution in [3.05, 3.63) is 59.7 Å². The molecule has 1 heterocycles.